The Bertz CT molecular complexity index is 780. The molecule has 5 nitrogen and oxygen atoms in total. The Kier molecular flexibility index (Phi) is 7.64. The van der Waals surface area contributed by atoms with Gasteiger partial charge in [-0.1, -0.05) is 51.2 Å². The molecule has 2 amide bonds. The average molecular weight is 417 g/mol. The molecule has 0 N–H and O–H groups in total. The lowest BCUT2D eigenvalue weighted by Crippen LogP contribution is -2.47. The predicted octanol–water partition coefficient (Wildman–Crippen LogP) is 4.38. The van der Waals surface area contributed by atoms with Crippen LogP contribution in [0.4, 0.5) is 4.39 Å². The molecular formula is C24H33FN2O3. The molecule has 1 saturated heterocycles. The molecule has 0 saturated carbocycles. The third-order valence-electron chi connectivity index (χ3n) is 5.75. The van der Waals surface area contributed by atoms with E-state index >= 15 is 0 Å². The van der Waals surface area contributed by atoms with E-state index in [1.807, 2.05) is 18.7 Å². The smallest absolute Gasteiger partial charge is 0.277 e. The molecule has 2 aliphatic heterocycles. The second kappa shape index (κ2) is 10.2. The van der Waals surface area contributed by atoms with E-state index in [4.69, 9.17) is 4.74 Å². The number of carbonyl (C=O) groups is 2. The van der Waals surface area contributed by atoms with Gasteiger partial charge in [-0.15, -0.1) is 0 Å². The Labute approximate surface area is 178 Å². The van der Waals surface area contributed by atoms with Crippen molar-refractivity contribution in [2.45, 2.75) is 71.5 Å². The van der Waals surface area contributed by atoms with Crippen molar-refractivity contribution in [3.05, 3.63) is 41.3 Å². The van der Waals surface area contributed by atoms with Gasteiger partial charge in [-0.05, 0) is 38.0 Å². The Morgan fingerprint density at radius 1 is 0.933 bits per heavy atom. The first-order chi connectivity index (χ1) is 14.4. The van der Waals surface area contributed by atoms with E-state index < -0.39 is 0 Å². The summed E-state index contributed by atoms with van der Waals surface area (Å²) in [7, 11) is 0. The fourth-order valence-corrected chi connectivity index (χ4v) is 4.35. The van der Waals surface area contributed by atoms with Crippen LogP contribution in [0, 0.1) is 5.82 Å². The number of morpholine rings is 1. The molecular weight excluding hydrogens is 383 g/mol. The lowest BCUT2D eigenvalue weighted by atomic mass is 10.0. The maximum absolute atomic E-state index is 13.5. The van der Waals surface area contributed by atoms with Crippen molar-refractivity contribution in [2.75, 3.05) is 19.6 Å². The molecule has 0 spiro atoms. The first-order valence-corrected chi connectivity index (χ1v) is 11.2. The van der Waals surface area contributed by atoms with Gasteiger partial charge in [-0.2, -0.15) is 0 Å². The van der Waals surface area contributed by atoms with Crippen molar-refractivity contribution in [2.24, 2.45) is 0 Å². The number of imide groups is 1. The summed E-state index contributed by atoms with van der Waals surface area (Å²) >= 11 is 0. The van der Waals surface area contributed by atoms with E-state index in [-0.39, 0.29) is 29.8 Å². The zero-order valence-corrected chi connectivity index (χ0v) is 18.3. The van der Waals surface area contributed by atoms with Crippen molar-refractivity contribution >= 4 is 17.4 Å². The maximum Gasteiger partial charge on any atom is 0.277 e. The summed E-state index contributed by atoms with van der Waals surface area (Å²) in [6, 6.07) is 5.83. The summed E-state index contributed by atoms with van der Waals surface area (Å²) in [5, 5.41) is 0. The minimum Gasteiger partial charge on any atom is -0.372 e. The fraction of sp³-hybridized carbons (Fsp3) is 0.583. The molecule has 6 heteroatoms. The lowest BCUT2D eigenvalue weighted by molar-refractivity contribution is -0.138. The number of nitrogens with zero attached hydrogens (tertiary/aromatic N) is 2. The summed E-state index contributed by atoms with van der Waals surface area (Å²) in [6.45, 7) is 7.64. The van der Waals surface area contributed by atoms with Gasteiger partial charge in [-0.3, -0.25) is 14.5 Å². The van der Waals surface area contributed by atoms with Crippen LogP contribution >= 0.6 is 0 Å². The van der Waals surface area contributed by atoms with E-state index in [1.54, 1.807) is 12.1 Å². The molecule has 2 heterocycles. The van der Waals surface area contributed by atoms with E-state index in [0.717, 1.165) is 19.3 Å². The van der Waals surface area contributed by atoms with Gasteiger partial charge in [0, 0.05) is 19.6 Å². The summed E-state index contributed by atoms with van der Waals surface area (Å²) in [6.07, 6.45) is 6.45. The van der Waals surface area contributed by atoms with E-state index in [1.165, 1.54) is 36.3 Å². The fourth-order valence-electron chi connectivity index (χ4n) is 4.35. The van der Waals surface area contributed by atoms with Crippen LogP contribution in [0.2, 0.25) is 0 Å². The Morgan fingerprint density at radius 2 is 1.53 bits per heavy atom. The zero-order chi connectivity index (χ0) is 21.7. The number of hydrogen-bond donors (Lipinski definition) is 0. The number of hydrogen-bond acceptors (Lipinski definition) is 4. The van der Waals surface area contributed by atoms with Crippen molar-refractivity contribution in [3.8, 4) is 0 Å². The number of amides is 2. The first-order valence-electron chi connectivity index (χ1n) is 11.2. The van der Waals surface area contributed by atoms with Crippen LogP contribution in [0.15, 0.2) is 30.0 Å². The monoisotopic (exact) mass is 416 g/mol. The molecule has 0 bridgehead atoms. The van der Waals surface area contributed by atoms with Crippen LogP contribution < -0.4 is 0 Å². The molecule has 164 valence electrons. The minimum atomic E-state index is -0.366. The van der Waals surface area contributed by atoms with Gasteiger partial charge in [0.25, 0.3) is 11.8 Å². The third kappa shape index (κ3) is 5.09. The van der Waals surface area contributed by atoms with Gasteiger partial charge in [-0.25, -0.2) is 4.39 Å². The maximum atomic E-state index is 13.5. The number of carbonyl (C=O) groups excluding carboxylic acids is 2. The molecule has 2 atom stereocenters. The molecule has 0 radical (unpaired) electrons. The highest BCUT2D eigenvalue weighted by atomic mass is 19.1. The Hall–Kier alpha value is -2.21. The van der Waals surface area contributed by atoms with Crippen molar-refractivity contribution in [1.82, 2.24) is 9.80 Å². The normalized spacial score (nSPS) is 22.4. The Morgan fingerprint density at radius 3 is 2.17 bits per heavy atom. The van der Waals surface area contributed by atoms with Gasteiger partial charge in [0.2, 0.25) is 0 Å². The van der Waals surface area contributed by atoms with Crippen LogP contribution in [0.1, 0.15) is 64.9 Å². The standard InChI is InChI=1S/C24H33FN2O3/c1-4-5-6-7-8-9-14-27-23(28)21(19-10-12-20(25)13-11-19)22(24(27)29)26-15-17(2)30-18(3)16-26/h10-13,17-18H,4-9,14-16H2,1-3H3. The molecule has 2 aliphatic rings. The summed E-state index contributed by atoms with van der Waals surface area (Å²) in [5.74, 6) is -0.883. The van der Waals surface area contributed by atoms with Gasteiger partial charge < -0.3 is 9.64 Å². The molecule has 1 aromatic rings. The molecule has 3 rings (SSSR count). The van der Waals surface area contributed by atoms with Gasteiger partial charge >= 0.3 is 0 Å². The summed E-state index contributed by atoms with van der Waals surface area (Å²) in [4.78, 5) is 30.0. The number of rotatable bonds is 9. The van der Waals surface area contributed by atoms with Crippen LogP contribution in [-0.2, 0) is 14.3 Å². The highest BCUT2D eigenvalue weighted by Crippen LogP contribution is 2.33. The molecule has 1 aromatic carbocycles. The molecule has 2 unspecified atom stereocenters. The third-order valence-corrected chi connectivity index (χ3v) is 5.75. The highest BCUT2D eigenvalue weighted by Gasteiger charge is 2.42. The van der Waals surface area contributed by atoms with E-state index in [0.29, 0.717) is 36.5 Å². The van der Waals surface area contributed by atoms with Gasteiger partial charge in [0.1, 0.15) is 11.5 Å². The largest absolute Gasteiger partial charge is 0.372 e. The second-order valence-corrected chi connectivity index (χ2v) is 8.42. The number of halogens is 1. The predicted molar refractivity (Wildman–Crippen MR) is 115 cm³/mol. The number of unbranched alkanes of at least 4 members (excludes halogenated alkanes) is 5. The summed E-state index contributed by atoms with van der Waals surface area (Å²) < 4.78 is 19.3. The SMILES string of the molecule is CCCCCCCCN1C(=O)C(c2ccc(F)cc2)=C(N2CC(C)OC(C)C2)C1=O. The molecule has 1 fully saturated rings. The Balaban J connectivity index is 1.83. The minimum absolute atomic E-state index is 0.0359. The van der Waals surface area contributed by atoms with Gasteiger partial charge in [0.15, 0.2) is 0 Å². The number of ether oxygens (including phenoxy) is 1. The van der Waals surface area contributed by atoms with E-state index in [9.17, 15) is 14.0 Å². The highest BCUT2D eigenvalue weighted by molar-refractivity contribution is 6.35. The quantitative estimate of drug-likeness (QED) is 0.443. The van der Waals surface area contributed by atoms with Crippen molar-refractivity contribution < 1.29 is 18.7 Å². The van der Waals surface area contributed by atoms with Crippen molar-refractivity contribution in [3.63, 3.8) is 0 Å². The van der Waals surface area contributed by atoms with Crippen LogP contribution in [0.25, 0.3) is 5.57 Å². The van der Waals surface area contributed by atoms with E-state index in [2.05, 4.69) is 6.92 Å². The zero-order valence-electron chi connectivity index (χ0n) is 18.3. The molecule has 0 aromatic heterocycles. The topological polar surface area (TPSA) is 49.9 Å². The second-order valence-electron chi connectivity index (χ2n) is 8.42. The molecule has 0 aliphatic carbocycles. The van der Waals surface area contributed by atoms with Gasteiger partial charge in [0.05, 0.1) is 17.8 Å². The lowest BCUT2D eigenvalue weighted by Gasteiger charge is -2.37. The summed E-state index contributed by atoms with van der Waals surface area (Å²) in [5.41, 5.74) is 1.40. The average Bonchev–Trinajstić information content (AvgIpc) is 2.95. The van der Waals surface area contributed by atoms with Crippen LogP contribution in [-0.4, -0.2) is 53.5 Å². The van der Waals surface area contributed by atoms with Crippen LogP contribution in [0.3, 0.4) is 0 Å². The first kappa shape index (κ1) is 22.5. The van der Waals surface area contributed by atoms with Crippen molar-refractivity contribution in [1.29, 1.82) is 0 Å². The molecule has 30 heavy (non-hydrogen) atoms. The van der Waals surface area contributed by atoms with Crippen LogP contribution in [0.5, 0.6) is 0 Å². The number of benzene rings is 1.